The van der Waals surface area contributed by atoms with E-state index in [4.69, 9.17) is 5.11 Å². The summed E-state index contributed by atoms with van der Waals surface area (Å²) in [6, 6.07) is 0. The maximum absolute atomic E-state index is 12.6. The van der Waals surface area contributed by atoms with Crippen LogP contribution in [0.3, 0.4) is 0 Å². The quantitative estimate of drug-likeness (QED) is 0.939. The van der Waals surface area contributed by atoms with Gasteiger partial charge in [0.2, 0.25) is 0 Å². The van der Waals surface area contributed by atoms with Gasteiger partial charge in [-0.3, -0.25) is 14.2 Å². The maximum Gasteiger partial charge on any atom is 0.323 e. The first-order valence-electron chi connectivity index (χ1n) is 6.87. The van der Waals surface area contributed by atoms with E-state index in [1.54, 1.807) is 11.3 Å². The van der Waals surface area contributed by atoms with E-state index in [0.717, 1.165) is 36.1 Å². The third-order valence-corrected chi connectivity index (χ3v) is 4.95. The van der Waals surface area contributed by atoms with Gasteiger partial charge in [-0.15, -0.1) is 11.3 Å². The monoisotopic (exact) mass is 292 g/mol. The molecule has 0 fully saturated rings. The van der Waals surface area contributed by atoms with E-state index in [1.807, 2.05) is 6.92 Å². The van der Waals surface area contributed by atoms with Crippen LogP contribution < -0.4 is 5.56 Å². The van der Waals surface area contributed by atoms with Crippen molar-refractivity contribution in [3.8, 4) is 0 Å². The maximum atomic E-state index is 12.6. The van der Waals surface area contributed by atoms with Crippen molar-refractivity contribution in [2.75, 3.05) is 0 Å². The lowest BCUT2D eigenvalue weighted by Crippen LogP contribution is -2.28. The van der Waals surface area contributed by atoms with E-state index >= 15 is 0 Å². The Kier molecular flexibility index (Phi) is 3.33. The minimum absolute atomic E-state index is 0.186. The minimum Gasteiger partial charge on any atom is -0.480 e. The van der Waals surface area contributed by atoms with E-state index in [9.17, 15) is 9.59 Å². The Labute approximate surface area is 119 Å². The first-order chi connectivity index (χ1) is 9.61. The molecule has 20 heavy (non-hydrogen) atoms. The molecule has 1 N–H and O–H groups in total. The summed E-state index contributed by atoms with van der Waals surface area (Å²) in [7, 11) is 0. The van der Waals surface area contributed by atoms with Crippen LogP contribution in [0.5, 0.6) is 0 Å². The second-order valence-electron chi connectivity index (χ2n) is 5.06. The average Bonchev–Trinajstić information content (AvgIpc) is 2.79. The van der Waals surface area contributed by atoms with Crippen molar-refractivity contribution in [2.24, 2.45) is 0 Å². The molecule has 5 nitrogen and oxygen atoms in total. The van der Waals surface area contributed by atoms with Crippen molar-refractivity contribution in [2.45, 2.75) is 45.6 Å². The third-order valence-electron chi connectivity index (χ3n) is 3.76. The Hall–Kier alpha value is -1.69. The highest BCUT2D eigenvalue weighted by atomic mass is 32.1. The van der Waals surface area contributed by atoms with Gasteiger partial charge in [0, 0.05) is 11.3 Å². The number of hydrogen-bond donors (Lipinski definition) is 1. The summed E-state index contributed by atoms with van der Waals surface area (Å²) in [5.41, 5.74) is 0.921. The normalized spacial score (nSPS) is 14.4. The molecular formula is C14H16N2O3S. The smallest absolute Gasteiger partial charge is 0.323 e. The summed E-state index contributed by atoms with van der Waals surface area (Å²) in [6.07, 6.45) is 4.72. The molecule has 0 unspecified atom stereocenters. The molecule has 0 radical (unpaired) electrons. The molecule has 3 rings (SSSR count). The molecule has 0 aromatic carbocycles. The molecule has 0 saturated carbocycles. The number of fused-ring (bicyclic) bond motifs is 3. The molecule has 1 aliphatic carbocycles. The van der Waals surface area contributed by atoms with E-state index in [1.165, 1.54) is 9.44 Å². The fourth-order valence-corrected chi connectivity index (χ4v) is 4.12. The number of carboxylic acids is 1. The van der Waals surface area contributed by atoms with Gasteiger partial charge in [0.1, 0.15) is 17.2 Å². The fraction of sp³-hybridized carbons (Fsp3) is 0.500. The van der Waals surface area contributed by atoms with Crippen LogP contribution in [-0.4, -0.2) is 20.6 Å². The number of aryl methyl sites for hydroxylation is 3. The summed E-state index contributed by atoms with van der Waals surface area (Å²) < 4.78 is 1.31. The number of aliphatic carboxylic acids is 1. The summed E-state index contributed by atoms with van der Waals surface area (Å²) >= 11 is 1.60. The number of carboxylic acid groups (broad SMARTS) is 1. The SMILES string of the molecule is CCc1nc2sc3c(c2c(=O)n1CC(=O)O)CCCC3. The van der Waals surface area contributed by atoms with Crippen LogP contribution in [0.15, 0.2) is 4.79 Å². The van der Waals surface area contributed by atoms with Gasteiger partial charge in [0.15, 0.2) is 0 Å². The summed E-state index contributed by atoms with van der Waals surface area (Å²) in [6.45, 7) is 1.58. The van der Waals surface area contributed by atoms with Crippen molar-refractivity contribution >= 4 is 27.5 Å². The van der Waals surface area contributed by atoms with Crippen LogP contribution in [0.25, 0.3) is 10.2 Å². The number of aromatic nitrogens is 2. The van der Waals surface area contributed by atoms with Gasteiger partial charge in [-0.1, -0.05) is 6.92 Å². The first kappa shape index (κ1) is 13.3. The van der Waals surface area contributed by atoms with Crippen molar-refractivity contribution in [1.29, 1.82) is 0 Å². The molecule has 0 saturated heterocycles. The molecule has 6 heteroatoms. The molecular weight excluding hydrogens is 276 g/mol. The van der Waals surface area contributed by atoms with Crippen molar-refractivity contribution in [3.05, 3.63) is 26.6 Å². The number of rotatable bonds is 3. The van der Waals surface area contributed by atoms with E-state index < -0.39 is 5.97 Å². The highest BCUT2D eigenvalue weighted by Crippen LogP contribution is 2.33. The zero-order valence-electron chi connectivity index (χ0n) is 11.3. The van der Waals surface area contributed by atoms with E-state index in [-0.39, 0.29) is 12.1 Å². The Morgan fingerprint density at radius 2 is 2.15 bits per heavy atom. The Balaban J connectivity index is 2.30. The van der Waals surface area contributed by atoms with Gasteiger partial charge in [0.25, 0.3) is 5.56 Å². The largest absolute Gasteiger partial charge is 0.480 e. The standard InChI is InChI=1S/C14H16N2O3S/c1-2-10-15-13-12(14(19)16(10)7-11(17)18)8-5-3-4-6-9(8)20-13/h2-7H2,1H3,(H,17,18). The topological polar surface area (TPSA) is 72.2 Å². The van der Waals surface area contributed by atoms with Gasteiger partial charge >= 0.3 is 5.97 Å². The van der Waals surface area contributed by atoms with Crippen LogP contribution >= 0.6 is 11.3 Å². The van der Waals surface area contributed by atoms with Crippen molar-refractivity contribution in [3.63, 3.8) is 0 Å². The summed E-state index contributed by atoms with van der Waals surface area (Å²) in [5, 5.41) is 9.64. The number of hydrogen-bond acceptors (Lipinski definition) is 4. The third kappa shape index (κ3) is 2.04. The second kappa shape index (κ2) is 5.01. The Morgan fingerprint density at radius 1 is 1.40 bits per heavy atom. The van der Waals surface area contributed by atoms with Crippen LogP contribution in [0.1, 0.15) is 36.0 Å². The van der Waals surface area contributed by atoms with Crippen LogP contribution in [0.4, 0.5) is 0 Å². The zero-order chi connectivity index (χ0) is 14.3. The zero-order valence-corrected chi connectivity index (χ0v) is 12.1. The molecule has 0 spiro atoms. The van der Waals surface area contributed by atoms with Gasteiger partial charge in [0.05, 0.1) is 5.39 Å². The lowest BCUT2D eigenvalue weighted by atomic mass is 9.97. The van der Waals surface area contributed by atoms with E-state index in [2.05, 4.69) is 4.98 Å². The molecule has 0 bridgehead atoms. The summed E-state index contributed by atoms with van der Waals surface area (Å²) in [4.78, 5) is 30.2. The highest BCUT2D eigenvalue weighted by Gasteiger charge is 2.22. The van der Waals surface area contributed by atoms with Crippen molar-refractivity contribution in [1.82, 2.24) is 9.55 Å². The van der Waals surface area contributed by atoms with Crippen LogP contribution in [-0.2, 0) is 30.6 Å². The molecule has 2 heterocycles. The van der Waals surface area contributed by atoms with E-state index in [0.29, 0.717) is 17.6 Å². The highest BCUT2D eigenvalue weighted by molar-refractivity contribution is 7.18. The van der Waals surface area contributed by atoms with Crippen LogP contribution in [0, 0.1) is 0 Å². The van der Waals surface area contributed by atoms with Gasteiger partial charge in [-0.25, -0.2) is 4.98 Å². The molecule has 106 valence electrons. The minimum atomic E-state index is -1.01. The second-order valence-corrected chi connectivity index (χ2v) is 6.14. The number of nitrogens with zero attached hydrogens (tertiary/aromatic N) is 2. The molecule has 0 aliphatic heterocycles. The summed E-state index contributed by atoms with van der Waals surface area (Å²) in [5.74, 6) is -0.449. The fourth-order valence-electron chi connectivity index (χ4n) is 2.85. The lowest BCUT2D eigenvalue weighted by Gasteiger charge is -2.11. The average molecular weight is 292 g/mol. The van der Waals surface area contributed by atoms with Crippen molar-refractivity contribution < 1.29 is 9.90 Å². The van der Waals surface area contributed by atoms with Gasteiger partial charge in [-0.05, 0) is 31.2 Å². The van der Waals surface area contributed by atoms with Crippen LogP contribution in [0.2, 0.25) is 0 Å². The molecule has 1 aliphatic rings. The molecule has 0 atom stereocenters. The number of thiophene rings is 1. The Bertz CT molecular complexity index is 745. The van der Waals surface area contributed by atoms with Gasteiger partial charge in [-0.2, -0.15) is 0 Å². The molecule has 2 aromatic rings. The van der Waals surface area contributed by atoms with Gasteiger partial charge < -0.3 is 5.11 Å². The predicted octanol–water partition coefficient (Wildman–Crippen LogP) is 1.98. The predicted molar refractivity (Wildman–Crippen MR) is 77.5 cm³/mol. The lowest BCUT2D eigenvalue weighted by molar-refractivity contribution is -0.137. The molecule has 2 aromatic heterocycles. The molecule has 0 amide bonds. The Morgan fingerprint density at radius 3 is 2.85 bits per heavy atom. The number of carbonyl (C=O) groups is 1. The first-order valence-corrected chi connectivity index (χ1v) is 7.69.